The molecule has 0 aromatic heterocycles. The monoisotopic (exact) mass is 436 g/mol. The number of esters is 1. The van der Waals surface area contributed by atoms with Gasteiger partial charge in [0.1, 0.15) is 11.5 Å². The molecule has 2 aromatic rings. The van der Waals surface area contributed by atoms with Gasteiger partial charge in [-0.15, -0.1) is 0 Å². The minimum Gasteiger partial charge on any atom is -0.494 e. The molecule has 174 valence electrons. The fraction of sp³-hybridized carbons (Fsp3) is 0.552. The van der Waals surface area contributed by atoms with E-state index in [2.05, 4.69) is 13.8 Å². The van der Waals surface area contributed by atoms with Crippen LogP contribution in [0.2, 0.25) is 0 Å². The van der Waals surface area contributed by atoms with Crippen LogP contribution in [-0.2, 0) is 6.42 Å². The van der Waals surface area contributed by atoms with Crippen LogP contribution in [0, 0.1) is 11.8 Å². The molecule has 0 atom stereocenters. The van der Waals surface area contributed by atoms with Crippen molar-refractivity contribution in [1.29, 1.82) is 0 Å². The maximum atomic E-state index is 12.3. The number of carbonyl (C=O) groups is 1. The number of aryl methyl sites for hydroxylation is 1. The summed E-state index contributed by atoms with van der Waals surface area (Å²) >= 11 is 0. The molecule has 0 spiro atoms. The summed E-state index contributed by atoms with van der Waals surface area (Å²) in [5.74, 6) is 2.90. The molecule has 0 saturated heterocycles. The molecule has 0 N–H and O–H groups in total. The highest BCUT2D eigenvalue weighted by molar-refractivity contribution is 5.91. The zero-order chi connectivity index (χ0) is 22.6. The Morgan fingerprint density at radius 1 is 0.781 bits per heavy atom. The maximum Gasteiger partial charge on any atom is 0.343 e. The van der Waals surface area contributed by atoms with Crippen LogP contribution in [0.4, 0.5) is 0 Å². The summed E-state index contributed by atoms with van der Waals surface area (Å²) in [5, 5.41) is 0. The van der Waals surface area contributed by atoms with Crippen LogP contribution in [-0.4, -0.2) is 12.6 Å². The molecule has 0 heterocycles. The summed E-state index contributed by atoms with van der Waals surface area (Å²) in [5.41, 5.74) is 1.76. The van der Waals surface area contributed by atoms with E-state index in [4.69, 9.17) is 9.47 Å². The van der Waals surface area contributed by atoms with Crippen molar-refractivity contribution in [2.45, 2.75) is 84.5 Å². The van der Waals surface area contributed by atoms with E-state index < -0.39 is 0 Å². The van der Waals surface area contributed by atoms with Gasteiger partial charge in [-0.3, -0.25) is 0 Å². The van der Waals surface area contributed by atoms with E-state index in [1.807, 2.05) is 36.4 Å². The fourth-order valence-corrected chi connectivity index (χ4v) is 4.70. The summed E-state index contributed by atoms with van der Waals surface area (Å²) in [6, 6.07) is 14.9. The summed E-state index contributed by atoms with van der Waals surface area (Å²) < 4.78 is 11.4. The number of rotatable bonds is 12. The normalized spacial score (nSPS) is 18.3. The van der Waals surface area contributed by atoms with E-state index in [1.54, 1.807) is 12.1 Å². The smallest absolute Gasteiger partial charge is 0.343 e. The van der Waals surface area contributed by atoms with E-state index >= 15 is 0 Å². The van der Waals surface area contributed by atoms with Crippen LogP contribution < -0.4 is 9.47 Å². The number of unbranched alkanes of at least 4 members (excludes halogenated alkanes) is 2. The van der Waals surface area contributed by atoms with Gasteiger partial charge in [-0.2, -0.15) is 0 Å². The van der Waals surface area contributed by atoms with Gasteiger partial charge in [-0.25, -0.2) is 4.79 Å². The SMILES string of the molecule is CCCCCC1CCC(CCCOc2ccc(C(=O)Oc3ccc(CC)cc3)cc2)CC1. The summed E-state index contributed by atoms with van der Waals surface area (Å²) in [6.45, 7) is 5.13. The van der Waals surface area contributed by atoms with Gasteiger partial charge >= 0.3 is 5.97 Å². The molecule has 3 rings (SSSR count). The minimum atomic E-state index is -0.342. The Bertz CT molecular complexity index is 786. The minimum absolute atomic E-state index is 0.342. The Morgan fingerprint density at radius 2 is 1.38 bits per heavy atom. The number of ether oxygens (including phenoxy) is 2. The third kappa shape index (κ3) is 8.00. The van der Waals surface area contributed by atoms with E-state index in [9.17, 15) is 4.79 Å². The Labute approximate surface area is 194 Å². The largest absolute Gasteiger partial charge is 0.494 e. The molecule has 0 amide bonds. The fourth-order valence-electron chi connectivity index (χ4n) is 4.70. The molecule has 0 aliphatic heterocycles. The first kappa shape index (κ1) is 24.4. The zero-order valence-electron chi connectivity index (χ0n) is 20.0. The topological polar surface area (TPSA) is 35.5 Å². The second kappa shape index (κ2) is 13.3. The molecule has 3 nitrogen and oxygen atoms in total. The highest BCUT2D eigenvalue weighted by Gasteiger charge is 2.20. The van der Waals surface area contributed by atoms with Gasteiger partial charge in [-0.05, 0) is 73.1 Å². The van der Waals surface area contributed by atoms with Crippen LogP contribution in [0.1, 0.15) is 94.0 Å². The van der Waals surface area contributed by atoms with Gasteiger partial charge < -0.3 is 9.47 Å². The molecule has 1 fully saturated rings. The van der Waals surface area contributed by atoms with Crippen LogP contribution in [0.3, 0.4) is 0 Å². The van der Waals surface area contributed by atoms with E-state index in [1.165, 1.54) is 63.4 Å². The molecule has 32 heavy (non-hydrogen) atoms. The van der Waals surface area contributed by atoms with Crippen molar-refractivity contribution in [3.8, 4) is 11.5 Å². The van der Waals surface area contributed by atoms with Crippen molar-refractivity contribution in [3.05, 3.63) is 59.7 Å². The number of hydrogen-bond acceptors (Lipinski definition) is 3. The summed E-state index contributed by atoms with van der Waals surface area (Å²) in [7, 11) is 0. The lowest BCUT2D eigenvalue weighted by Gasteiger charge is -2.28. The standard InChI is InChI=1S/C29H40O3/c1-3-5-6-8-24-10-12-25(13-11-24)9-7-22-31-27-20-16-26(17-21-27)29(30)32-28-18-14-23(4-2)15-19-28/h14-21,24-25H,3-13,22H2,1-2H3. The molecule has 1 saturated carbocycles. The summed E-state index contributed by atoms with van der Waals surface area (Å²) in [6.07, 6.45) is 14.6. The van der Waals surface area contributed by atoms with Gasteiger partial charge in [-0.1, -0.05) is 77.3 Å². The first-order chi connectivity index (χ1) is 15.7. The second-order valence-corrected chi connectivity index (χ2v) is 9.28. The van der Waals surface area contributed by atoms with Gasteiger partial charge in [0.2, 0.25) is 0 Å². The predicted octanol–water partition coefficient (Wildman–Crippen LogP) is 8.01. The van der Waals surface area contributed by atoms with Gasteiger partial charge in [0.05, 0.1) is 12.2 Å². The highest BCUT2D eigenvalue weighted by atomic mass is 16.5. The van der Waals surface area contributed by atoms with Crippen molar-refractivity contribution in [2.75, 3.05) is 6.61 Å². The third-order valence-corrected chi connectivity index (χ3v) is 6.84. The third-order valence-electron chi connectivity index (χ3n) is 6.84. The molecule has 0 unspecified atom stereocenters. The molecule has 3 heteroatoms. The average Bonchev–Trinajstić information content (AvgIpc) is 2.84. The van der Waals surface area contributed by atoms with Crippen LogP contribution in [0.15, 0.2) is 48.5 Å². The first-order valence-corrected chi connectivity index (χ1v) is 12.7. The van der Waals surface area contributed by atoms with E-state index in [-0.39, 0.29) is 5.97 Å². The van der Waals surface area contributed by atoms with Crippen molar-refractivity contribution >= 4 is 5.97 Å². The molecule has 1 aliphatic carbocycles. The Balaban J connectivity index is 1.32. The van der Waals surface area contributed by atoms with Crippen molar-refractivity contribution in [2.24, 2.45) is 11.8 Å². The van der Waals surface area contributed by atoms with Crippen molar-refractivity contribution in [3.63, 3.8) is 0 Å². The maximum absolute atomic E-state index is 12.3. The lowest BCUT2D eigenvalue weighted by molar-refractivity contribution is 0.0734. The van der Waals surface area contributed by atoms with Crippen molar-refractivity contribution < 1.29 is 14.3 Å². The first-order valence-electron chi connectivity index (χ1n) is 12.7. The molecule has 2 aromatic carbocycles. The second-order valence-electron chi connectivity index (χ2n) is 9.28. The Morgan fingerprint density at radius 3 is 1.97 bits per heavy atom. The van der Waals surface area contributed by atoms with Gasteiger partial charge in [0.25, 0.3) is 0 Å². The molecule has 0 bridgehead atoms. The lowest BCUT2D eigenvalue weighted by atomic mass is 9.78. The Kier molecular flexibility index (Phi) is 10.1. The van der Waals surface area contributed by atoms with Crippen LogP contribution in [0.5, 0.6) is 11.5 Å². The highest BCUT2D eigenvalue weighted by Crippen LogP contribution is 2.34. The van der Waals surface area contributed by atoms with Crippen LogP contribution >= 0.6 is 0 Å². The molecule has 1 aliphatic rings. The van der Waals surface area contributed by atoms with Crippen LogP contribution in [0.25, 0.3) is 0 Å². The molecular weight excluding hydrogens is 396 g/mol. The Hall–Kier alpha value is -2.29. The number of carbonyl (C=O) groups excluding carboxylic acids is 1. The van der Waals surface area contributed by atoms with Crippen molar-refractivity contribution in [1.82, 2.24) is 0 Å². The van der Waals surface area contributed by atoms with Gasteiger partial charge in [0, 0.05) is 0 Å². The van der Waals surface area contributed by atoms with E-state index in [0.29, 0.717) is 11.3 Å². The predicted molar refractivity (Wildman–Crippen MR) is 132 cm³/mol. The van der Waals surface area contributed by atoms with Gasteiger partial charge in [0.15, 0.2) is 0 Å². The number of benzene rings is 2. The zero-order valence-corrected chi connectivity index (χ0v) is 20.0. The average molecular weight is 437 g/mol. The number of hydrogen-bond donors (Lipinski definition) is 0. The molecular formula is C29H40O3. The molecule has 0 radical (unpaired) electrons. The quantitative estimate of drug-likeness (QED) is 0.192. The lowest BCUT2D eigenvalue weighted by Crippen LogP contribution is -2.15. The summed E-state index contributed by atoms with van der Waals surface area (Å²) in [4.78, 5) is 12.3. The van der Waals surface area contributed by atoms with E-state index in [0.717, 1.165) is 37.0 Å².